The summed E-state index contributed by atoms with van der Waals surface area (Å²) in [6, 6.07) is 5.45. The Morgan fingerprint density at radius 2 is 1.83 bits per heavy atom. The van der Waals surface area contributed by atoms with Gasteiger partial charge in [0.2, 0.25) is 0 Å². The largest absolute Gasteiger partial charge is 0.298 e. The average Bonchev–Trinajstić information content (AvgIpc) is 2.94. The summed E-state index contributed by atoms with van der Waals surface area (Å²) in [4.78, 5) is 12.4. The summed E-state index contributed by atoms with van der Waals surface area (Å²) >= 11 is 0. The summed E-state index contributed by atoms with van der Waals surface area (Å²) in [6.07, 6.45) is 1.69. The van der Waals surface area contributed by atoms with Gasteiger partial charge >= 0.3 is 0 Å². The van der Waals surface area contributed by atoms with Gasteiger partial charge in [0.25, 0.3) is 0 Å². The smallest absolute Gasteiger partial charge is 0.191 e. The maximum absolute atomic E-state index is 12.8. The molecule has 4 heteroatoms. The lowest BCUT2D eigenvalue weighted by Crippen LogP contribution is -2.32. The number of benzene rings is 1. The highest BCUT2D eigenvalue weighted by molar-refractivity contribution is 7.94. The van der Waals surface area contributed by atoms with E-state index in [1.54, 1.807) is 26.0 Å². The van der Waals surface area contributed by atoms with Crippen LogP contribution < -0.4 is 0 Å². The van der Waals surface area contributed by atoms with Crippen LogP contribution in [0.15, 0.2) is 23.1 Å². The van der Waals surface area contributed by atoms with Crippen molar-refractivity contribution in [2.75, 3.05) is 0 Å². The van der Waals surface area contributed by atoms with Crippen LogP contribution in [-0.2, 0) is 14.6 Å². The minimum atomic E-state index is -3.52. The number of Topliss-reactive ketones (excluding diaryl/α,β-unsaturated/α-hetero) is 1. The number of ketones is 1. The van der Waals surface area contributed by atoms with Gasteiger partial charge in [0, 0.05) is 6.42 Å². The van der Waals surface area contributed by atoms with Crippen molar-refractivity contribution in [1.29, 1.82) is 0 Å². The number of rotatable bonds is 2. The number of carbonyl (C=O) groups is 1. The highest BCUT2D eigenvalue weighted by atomic mass is 32.2. The molecule has 0 heterocycles. The number of carbonyl (C=O) groups excluding carboxylic acids is 1. The van der Waals surface area contributed by atoms with Gasteiger partial charge in [-0.3, -0.25) is 4.79 Å². The molecule has 0 aromatic heterocycles. The van der Waals surface area contributed by atoms with Crippen molar-refractivity contribution in [2.45, 2.75) is 42.8 Å². The minimum absolute atomic E-state index is 0.0639. The molecule has 0 spiro atoms. The predicted molar refractivity (Wildman–Crippen MR) is 68.2 cm³/mol. The van der Waals surface area contributed by atoms with E-state index in [1.807, 2.05) is 6.07 Å². The van der Waals surface area contributed by atoms with Crippen molar-refractivity contribution in [2.24, 2.45) is 5.92 Å². The number of hydrogen-bond donors (Lipinski definition) is 0. The Kier molecular flexibility index (Phi) is 2.28. The van der Waals surface area contributed by atoms with Gasteiger partial charge in [-0.15, -0.1) is 0 Å². The molecule has 0 bridgehead atoms. The molecule has 2 atom stereocenters. The molecule has 18 heavy (non-hydrogen) atoms. The highest BCUT2D eigenvalue weighted by Gasteiger charge is 2.71. The number of fused-ring (bicyclic) bond motifs is 1. The maximum atomic E-state index is 12.8. The van der Waals surface area contributed by atoms with Crippen molar-refractivity contribution in [1.82, 2.24) is 0 Å². The topological polar surface area (TPSA) is 51.2 Å². The van der Waals surface area contributed by atoms with Crippen LogP contribution in [0.1, 0.15) is 30.4 Å². The third-order valence-corrected chi connectivity index (χ3v) is 7.27. The van der Waals surface area contributed by atoms with E-state index in [-0.39, 0.29) is 11.7 Å². The van der Waals surface area contributed by atoms with Crippen molar-refractivity contribution >= 4 is 15.6 Å². The molecule has 2 fully saturated rings. The van der Waals surface area contributed by atoms with Gasteiger partial charge in [0.15, 0.2) is 15.6 Å². The van der Waals surface area contributed by atoms with Gasteiger partial charge < -0.3 is 0 Å². The molecular formula is C14H16O3S. The van der Waals surface area contributed by atoms with Gasteiger partial charge in [-0.1, -0.05) is 18.2 Å². The maximum Gasteiger partial charge on any atom is 0.191 e. The zero-order valence-corrected chi connectivity index (χ0v) is 11.4. The first kappa shape index (κ1) is 11.9. The molecule has 0 saturated heterocycles. The summed E-state index contributed by atoms with van der Waals surface area (Å²) in [5.74, 6) is -0.0100. The van der Waals surface area contributed by atoms with Gasteiger partial charge in [-0.05, 0) is 43.7 Å². The zero-order valence-electron chi connectivity index (χ0n) is 10.6. The molecule has 1 aromatic carbocycles. The van der Waals surface area contributed by atoms with Crippen molar-refractivity contribution in [3.8, 4) is 0 Å². The lowest BCUT2D eigenvalue weighted by Gasteiger charge is -2.16. The van der Waals surface area contributed by atoms with Gasteiger partial charge in [0.1, 0.15) is 4.75 Å². The lowest BCUT2D eigenvalue weighted by molar-refractivity contribution is -0.118. The Bertz CT molecular complexity index is 625. The number of aryl methyl sites for hydroxylation is 2. The molecule has 2 aliphatic carbocycles. The normalized spacial score (nSPS) is 30.3. The fourth-order valence-electron chi connectivity index (χ4n) is 3.38. The van der Waals surface area contributed by atoms with E-state index in [0.29, 0.717) is 17.7 Å². The van der Waals surface area contributed by atoms with E-state index < -0.39 is 14.6 Å². The Morgan fingerprint density at radius 1 is 1.22 bits per heavy atom. The third kappa shape index (κ3) is 1.24. The molecule has 96 valence electrons. The first-order chi connectivity index (χ1) is 8.41. The van der Waals surface area contributed by atoms with Crippen LogP contribution >= 0.6 is 0 Å². The first-order valence-electron chi connectivity index (χ1n) is 6.25. The molecule has 2 aliphatic rings. The Hall–Kier alpha value is -1.16. The molecule has 0 N–H and O–H groups in total. The Labute approximate surface area is 107 Å². The second-order valence-electron chi connectivity index (χ2n) is 5.48. The number of sulfone groups is 1. The number of hydrogen-bond acceptors (Lipinski definition) is 3. The zero-order chi connectivity index (χ0) is 13.1. The quantitative estimate of drug-likeness (QED) is 0.822. The fraction of sp³-hybridized carbons (Fsp3) is 0.500. The average molecular weight is 264 g/mol. The fourth-order valence-corrected chi connectivity index (χ4v) is 6.11. The van der Waals surface area contributed by atoms with Crippen LogP contribution in [0.3, 0.4) is 0 Å². The molecule has 0 amide bonds. The Balaban J connectivity index is 2.21. The first-order valence-corrected chi connectivity index (χ1v) is 7.74. The van der Waals surface area contributed by atoms with E-state index in [1.165, 1.54) is 0 Å². The van der Waals surface area contributed by atoms with Crippen LogP contribution in [0.5, 0.6) is 0 Å². The molecule has 0 unspecified atom stereocenters. The molecule has 0 aliphatic heterocycles. The van der Waals surface area contributed by atoms with E-state index in [2.05, 4.69) is 0 Å². The molecule has 3 nitrogen and oxygen atoms in total. The van der Waals surface area contributed by atoms with Crippen LogP contribution in [0.4, 0.5) is 0 Å². The third-order valence-electron chi connectivity index (χ3n) is 4.40. The minimum Gasteiger partial charge on any atom is -0.298 e. The van der Waals surface area contributed by atoms with E-state index in [9.17, 15) is 13.2 Å². The summed E-state index contributed by atoms with van der Waals surface area (Å²) in [5, 5.41) is 0. The molecule has 1 aromatic rings. The lowest BCUT2D eigenvalue weighted by atomic mass is 10.2. The van der Waals surface area contributed by atoms with Crippen LogP contribution in [0.2, 0.25) is 0 Å². The second kappa shape index (κ2) is 3.44. The molecule has 3 rings (SSSR count). The van der Waals surface area contributed by atoms with Crippen molar-refractivity contribution < 1.29 is 13.2 Å². The highest BCUT2D eigenvalue weighted by Crippen LogP contribution is 2.60. The van der Waals surface area contributed by atoms with E-state index >= 15 is 0 Å². The van der Waals surface area contributed by atoms with Crippen LogP contribution in [0, 0.1) is 19.8 Å². The standard InChI is InChI=1S/C14H16O3S/c1-9-4-3-5-10(2)13(9)18(16,17)14-8-11(14)6-7-12(14)15/h3-5,11H,6-8H2,1-2H3/t11-,14-/m1/s1. The predicted octanol–water partition coefficient (Wildman–Crippen LogP) is 2.20. The summed E-state index contributed by atoms with van der Waals surface area (Å²) in [6.45, 7) is 3.60. The van der Waals surface area contributed by atoms with Gasteiger partial charge in [0.05, 0.1) is 4.90 Å². The van der Waals surface area contributed by atoms with E-state index in [4.69, 9.17) is 0 Å². The summed E-state index contributed by atoms with van der Waals surface area (Å²) in [5.41, 5.74) is 1.49. The van der Waals surface area contributed by atoms with Gasteiger partial charge in [-0.25, -0.2) is 8.42 Å². The molecule has 2 saturated carbocycles. The monoisotopic (exact) mass is 264 g/mol. The van der Waals surface area contributed by atoms with Crippen LogP contribution in [0.25, 0.3) is 0 Å². The molecular weight excluding hydrogens is 248 g/mol. The summed E-state index contributed by atoms with van der Waals surface area (Å²) in [7, 11) is -3.52. The van der Waals surface area contributed by atoms with Gasteiger partial charge in [-0.2, -0.15) is 0 Å². The molecule has 0 radical (unpaired) electrons. The van der Waals surface area contributed by atoms with Crippen molar-refractivity contribution in [3.05, 3.63) is 29.3 Å². The van der Waals surface area contributed by atoms with E-state index in [0.717, 1.165) is 17.5 Å². The van der Waals surface area contributed by atoms with Crippen LogP contribution in [-0.4, -0.2) is 18.9 Å². The summed E-state index contributed by atoms with van der Waals surface area (Å²) < 4.78 is 24.6. The van der Waals surface area contributed by atoms with Crippen molar-refractivity contribution in [3.63, 3.8) is 0 Å². The second-order valence-corrected chi connectivity index (χ2v) is 7.62. The SMILES string of the molecule is Cc1cccc(C)c1S(=O)(=O)[C@]12C[C@H]1CCC2=O. The Morgan fingerprint density at radius 3 is 2.28 bits per heavy atom.